The minimum absolute atomic E-state index is 0.313. The Morgan fingerprint density at radius 1 is 1.08 bits per heavy atom. The Kier molecular flexibility index (Phi) is 4.81. The van der Waals surface area contributed by atoms with E-state index >= 15 is 0 Å². The van der Waals surface area contributed by atoms with E-state index < -0.39 is 10.0 Å². The molecule has 25 heavy (non-hydrogen) atoms. The lowest BCUT2D eigenvalue weighted by Crippen LogP contribution is -2.35. The predicted octanol–water partition coefficient (Wildman–Crippen LogP) is 2.96. The fourth-order valence-corrected chi connectivity index (χ4v) is 4.79. The zero-order valence-electron chi connectivity index (χ0n) is 14.7. The Hall–Kier alpha value is -2.34. The molecule has 0 fully saturated rings. The molecule has 0 amide bonds. The maximum Gasteiger partial charge on any atom is 0.265 e. The third-order valence-corrected chi connectivity index (χ3v) is 6.54. The zero-order valence-corrected chi connectivity index (χ0v) is 15.5. The SMILES string of the molecule is COc1ccc(S(=O)(=O)N2CCN=C2Cc2ccccc2)c(C)c1C. The van der Waals surface area contributed by atoms with E-state index in [0.717, 1.165) is 11.1 Å². The second kappa shape index (κ2) is 6.88. The first-order chi connectivity index (χ1) is 11.9. The number of aliphatic imine (C=N–C) groups is 1. The lowest BCUT2D eigenvalue weighted by atomic mass is 10.1. The largest absolute Gasteiger partial charge is 0.496 e. The lowest BCUT2D eigenvalue weighted by Gasteiger charge is -2.22. The van der Waals surface area contributed by atoms with Gasteiger partial charge in [0.1, 0.15) is 11.6 Å². The highest BCUT2D eigenvalue weighted by atomic mass is 32.2. The van der Waals surface area contributed by atoms with Crippen molar-refractivity contribution in [3.63, 3.8) is 0 Å². The summed E-state index contributed by atoms with van der Waals surface area (Å²) in [5, 5.41) is 0. The summed E-state index contributed by atoms with van der Waals surface area (Å²) in [4.78, 5) is 4.74. The van der Waals surface area contributed by atoms with Crippen molar-refractivity contribution in [2.75, 3.05) is 20.2 Å². The van der Waals surface area contributed by atoms with Gasteiger partial charge in [-0.25, -0.2) is 8.42 Å². The van der Waals surface area contributed by atoms with Crippen LogP contribution in [0, 0.1) is 13.8 Å². The number of ether oxygens (including phenoxy) is 1. The summed E-state index contributed by atoms with van der Waals surface area (Å²) < 4.78 is 33.1. The Morgan fingerprint density at radius 3 is 2.48 bits per heavy atom. The molecular formula is C19H22N2O3S. The molecule has 2 aromatic rings. The molecule has 0 saturated carbocycles. The van der Waals surface area contributed by atoms with E-state index in [4.69, 9.17) is 4.74 Å². The second-order valence-electron chi connectivity index (χ2n) is 6.05. The Bertz CT molecular complexity index is 906. The molecule has 132 valence electrons. The summed E-state index contributed by atoms with van der Waals surface area (Å²) in [6.07, 6.45) is 0.508. The summed E-state index contributed by atoms with van der Waals surface area (Å²) in [6, 6.07) is 13.1. The number of methoxy groups -OCH3 is 1. The van der Waals surface area contributed by atoms with Gasteiger partial charge in [-0.3, -0.25) is 9.30 Å². The molecular weight excluding hydrogens is 336 g/mol. The maximum atomic E-state index is 13.2. The van der Waals surface area contributed by atoms with Crippen LogP contribution >= 0.6 is 0 Å². The molecule has 0 unspecified atom stereocenters. The molecule has 0 bridgehead atoms. The number of rotatable bonds is 5. The lowest BCUT2D eigenvalue weighted by molar-refractivity contribution is 0.410. The molecule has 0 N–H and O–H groups in total. The van der Waals surface area contributed by atoms with E-state index in [2.05, 4.69) is 4.99 Å². The van der Waals surface area contributed by atoms with Crippen molar-refractivity contribution in [1.82, 2.24) is 4.31 Å². The van der Waals surface area contributed by atoms with Crippen LogP contribution in [0.2, 0.25) is 0 Å². The first kappa shape index (κ1) is 17.5. The van der Waals surface area contributed by atoms with Crippen molar-refractivity contribution in [2.24, 2.45) is 4.99 Å². The van der Waals surface area contributed by atoms with Crippen LogP contribution in [0.4, 0.5) is 0 Å². The van der Waals surface area contributed by atoms with Gasteiger partial charge in [0.15, 0.2) is 0 Å². The quantitative estimate of drug-likeness (QED) is 0.826. The number of hydrogen-bond donors (Lipinski definition) is 0. The van der Waals surface area contributed by atoms with Gasteiger partial charge in [-0.05, 0) is 42.7 Å². The van der Waals surface area contributed by atoms with Gasteiger partial charge in [0.25, 0.3) is 10.0 Å². The minimum atomic E-state index is -3.64. The van der Waals surface area contributed by atoms with E-state index in [1.165, 1.54) is 4.31 Å². The van der Waals surface area contributed by atoms with Crippen LogP contribution in [0.5, 0.6) is 5.75 Å². The average Bonchev–Trinajstić information content (AvgIpc) is 3.07. The van der Waals surface area contributed by atoms with Crippen LogP contribution in [0.1, 0.15) is 16.7 Å². The summed E-state index contributed by atoms with van der Waals surface area (Å²) in [6.45, 7) is 4.57. The van der Waals surface area contributed by atoms with Crippen LogP contribution in [-0.4, -0.2) is 38.8 Å². The molecule has 0 spiro atoms. The molecule has 1 aliphatic rings. The van der Waals surface area contributed by atoms with Gasteiger partial charge in [-0.1, -0.05) is 30.3 Å². The third-order valence-electron chi connectivity index (χ3n) is 4.57. The molecule has 3 rings (SSSR count). The molecule has 0 aromatic heterocycles. The number of hydrogen-bond acceptors (Lipinski definition) is 4. The average molecular weight is 358 g/mol. The summed E-state index contributed by atoms with van der Waals surface area (Å²) in [7, 11) is -2.05. The van der Waals surface area contributed by atoms with Crippen molar-refractivity contribution >= 4 is 15.9 Å². The Labute approximate surface area is 149 Å². The molecule has 6 heteroatoms. The smallest absolute Gasteiger partial charge is 0.265 e. The van der Waals surface area contributed by atoms with Gasteiger partial charge in [0.05, 0.1) is 25.1 Å². The first-order valence-corrected chi connectivity index (χ1v) is 9.63. The number of sulfonamides is 1. The van der Waals surface area contributed by atoms with Gasteiger partial charge in [0.2, 0.25) is 0 Å². The molecule has 5 nitrogen and oxygen atoms in total. The van der Waals surface area contributed by atoms with Gasteiger partial charge in [0, 0.05) is 6.42 Å². The van der Waals surface area contributed by atoms with Crippen LogP contribution in [-0.2, 0) is 16.4 Å². The Balaban J connectivity index is 1.95. The predicted molar refractivity (Wildman–Crippen MR) is 98.8 cm³/mol. The maximum absolute atomic E-state index is 13.2. The van der Waals surface area contributed by atoms with Crippen molar-refractivity contribution in [2.45, 2.75) is 25.2 Å². The number of amidine groups is 1. The molecule has 0 aliphatic carbocycles. The number of nitrogens with zero attached hydrogens (tertiary/aromatic N) is 2. The molecule has 0 radical (unpaired) electrons. The highest BCUT2D eigenvalue weighted by molar-refractivity contribution is 7.89. The van der Waals surface area contributed by atoms with E-state index in [0.29, 0.717) is 41.6 Å². The molecule has 0 atom stereocenters. The molecule has 2 aromatic carbocycles. The number of benzene rings is 2. The molecule has 1 heterocycles. The standard InChI is InChI=1S/C19H22N2O3S/c1-14-15(2)18(10-9-17(14)24-3)25(22,23)21-12-11-20-19(21)13-16-7-5-4-6-8-16/h4-10H,11-13H2,1-3H3. The van der Waals surface area contributed by atoms with Crippen LogP contribution in [0.3, 0.4) is 0 Å². The normalized spacial score (nSPS) is 14.5. The zero-order chi connectivity index (χ0) is 18.0. The van der Waals surface area contributed by atoms with E-state index in [1.54, 1.807) is 19.2 Å². The van der Waals surface area contributed by atoms with Crippen LogP contribution < -0.4 is 4.74 Å². The van der Waals surface area contributed by atoms with Gasteiger partial charge in [-0.15, -0.1) is 0 Å². The third kappa shape index (κ3) is 3.26. The molecule has 0 saturated heterocycles. The Morgan fingerprint density at radius 2 is 1.80 bits per heavy atom. The van der Waals surface area contributed by atoms with Crippen molar-refractivity contribution in [3.05, 3.63) is 59.2 Å². The van der Waals surface area contributed by atoms with Gasteiger partial charge < -0.3 is 4.74 Å². The summed E-state index contributed by atoms with van der Waals surface area (Å²) in [5.41, 5.74) is 2.60. The summed E-state index contributed by atoms with van der Waals surface area (Å²) >= 11 is 0. The second-order valence-corrected chi connectivity index (χ2v) is 7.88. The van der Waals surface area contributed by atoms with Gasteiger partial charge in [-0.2, -0.15) is 0 Å². The van der Waals surface area contributed by atoms with Crippen molar-refractivity contribution < 1.29 is 13.2 Å². The van der Waals surface area contributed by atoms with Gasteiger partial charge >= 0.3 is 0 Å². The minimum Gasteiger partial charge on any atom is -0.496 e. The van der Waals surface area contributed by atoms with E-state index in [-0.39, 0.29) is 0 Å². The van der Waals surface area contributed by atoms with E-state index in [9.17, 15) is 8.42 Å². The van der Waals surface area contributed by atoms with Crippen molar-refractivity contribution in [3.8, 4) is 5.75 Å². The molecule has 1 aliphatic heterocycles. The van der Waals surface area contributed by atoms with Crippen LogP contribution in [0.25, 0.3) is 0 Å². The monoisotopic (exact) mass is 358 g/mol. The van der Waals surface area contributed by atoms with E-state index in [1.807, 2.05) is 44.2 Å². The highest BCUT2D eigenvalue weighted by Gasteiger charge is 2.32. The summed E-state index contributed by atoms with van der Waals surface area (Å²) in [5.74, 6) is 1.29. The fourth-order valence-electron chi connectivity index (χ4n) is 3.05. The first-order valence-electron chi connectivity index (χ1n) is 8.19. The highest BCUT2D eigenvalue weighted by Crippen LogP contribution is 2.30. The fraction of sp³-hybridized carbons (Fsp3) is 0.316. The van der Waals surface area contributed by atoms with Crippen molar-refractivity contribution in [1.29, 1.82) is 0 Å². The van der Waals surface area contributed by atoms with Crippen LogP contribution in [0.15, 0.2) is 52.4 Å². The topological polar surface area (TPSA) is 59.0 Å².